The minimum Gasteiger partial charge on any atom is -0.494 e. The fourth-order valence-corrected chi connectivity index (χ4v) is 3.11. The summed E-state index contributed by atoms with van der Waals surface area (Å²) < 4.78 is 16.5. The minimum atomic E-state index is -0.312. The molecule has 0 bridgehead atoms. The zero-order valence-electron chi connectivity index (χ0n) is 16.3. The average molecular weight is 425 g/mol. The van der Waals surface area contributed by atoms with E-state index in [-0.39, 0.29) is 18.5 Å². The molecule has 0 unspecified atom stereocenters. The van der Waals surface area contributed by atoms with Crippen molar-refractivity contribution in [2.75, 3.05) is 19.8 Å². The van der Waals surface area contributed by atoms with Crippen molar-refractivity contribution < 1.29 is 19.0 Å². The van der Waals surface area contributed by atoms with Gasteiger partial charge in [-0.25, -0.2) is 0 Å². The summed E-state index contributed by atoms with van der Waals surface area (Å²) in [5.41, 5.74) is 2.06. The Labute approximate surface area is 176 Å². The van der Waals surface area contributed by atoms with Crippen molar-refractivity contribution >= 4 is 29.2 Å². The van der Waals surface area contributed by atoms with E-state index in [1.165, 1.54) is 0 Å². The first-order valence-electron chi connectivity index (χ1n) is 9.47. The van der Waals surface area contributed by atoms with Crippen molar-refractivity contribution in [2.45, 2.75) is 39.2 Å². The lowest BCUT2D eigenvalue weighted by Gasteiger charge is -2.17. The molecule has 0 spiro atoms. The van der Waals surface area contributed by atoms with E-state index >= 15 is 0 Å². The van der Waals surface area contributed by atoms with Gasteiger partial charge in [0.2, 0.25) is 0 Å². The zero-order valence-corrected chi connectivity index (χ0v) is 17.8. The number of rotatable bonds is 11. The highest BCUT2D eigenvalue weighted by Gasteiger charge is 2.17. The summed E-state index contributed by atoms with van der Waals surface area (Å²) in [6, 6.07) is 13.3. The fraction of sp³-hybridized carbons (Fsp3) is 0.409. The molecule has 2 aromatic rings. The van der Waals surface area contributed by atoms with Gasteiger partial charge in [0.05, 0.1) is 35.8 Å². The lowest BCUT2D eigenvalue weighted by molar-refractivity contribution is -0.146. The number of aryl methyl sites for hydroxylation is 1. The standard InChI is InChI=1S/C22H26Cl2O4/c1-3-26-21(15-22(25)27-4-2)17-8-10-18(11-9-17)28-13-5-6-16-7-12-19(23)20(24)14-16/h7-12,14,21H,3-6,13,15H2,1-2H3/t21-/m1/s1. The minimum absolute atomic E-state index is 0.200. The molecule has 2 aromatic carbocycles. The van der Waals surface area contributed by atoms with Crippen LogP contribution in [0, 0.1) is 0 Å². The van der Waals surface area contributed by atoms with Crippen LogP contribution in [0.25, 0.3) is 0 Å². The molecule has 0 heterocycles. The van der Waals surface area contributed by atoms with Gasteiger partial charge in [-0.3, -0.25) is 4.79 Å². The molecule has 6 heteroatoms. The Bertz CT molecular complexity index is 747. The molecule has 4 nitrogen and oxygen atoms in total. The molecule has 0 aromatic heterocycles. The monoisotopic (exact) mass is 424 g/mol. The number of hydrogen-bond donors (Lipinski definition) is 0. The summed E-state index contributed by atoms with van der Waals surface area (Å²) in [5.74, 6) is 0.521. The third-order valence-corrected chi connectivity index (χ3v) is 4.88. The Morgan fingerprint density at radius 1 is 1.00 bits per heavy atom. The van der Waals surface area contributed by atoms with Gasteiger partial charge in [-0.1, -0.05) is 41.4 Å². The molecule has 0 fully saturated rings. The fourth-order valence-electron chi connectivity index (χ4n) is 2.79. The van der Waals surface area contributed by atoms with Crippen LogP contribution in [0.2, 0.25) is 10.0 Å². The molecule has 0 saturated carbocycles. The molecule has 0 N–H and O–H groups in total. The largest absolute Gasteiger partial charge is 0.494 e. The molecule has 1 atom stereocenters. The number of esters is 1. The van der Waals surface area contributed by atoms with Crippen LogP contribution >= 0.6 is 23.2 Å². The maximum absolute atomic E-state index is 11.8. The van der Waals surface area contributed by atoms with Gasteiger partial charge in [0.15, 0.2) is 0 Å². The van der Waals surface area contributed by atoms with Crippen molar-refractivity contribution in [3.63, 3.8) is 0 Å². The van der Waals surface area contributed by atoms with Crippen LogP contribution in [0.4, 0.5) is 0 Å². The first-order chi connectivity index (χ1) is 13.5. The first-order valence-corrected chi connectivity index (χ1v) is 10.2. The molecular weight excluding hydrogens is 399 g/mol. The molecule has 28 heavy (non-hydrogen) atoms. The third kappa shape index (κ3) is 7.34. The van der Waals surface area contributed by atoms with E-state index in [1.54, 1.807) is 6.92 Å². The van der Waals surface area contributed by atoms with Crippen molar-refractivity contribution in [2.24, 2.45) is 0 Å². The third-order valence-electron chi connectivity index (χ3n) is 4.14. The van der Waals surface area contributed by atoms with E-state index in [4.69, 9.17) is 37.4 Å². The van der Waals surface area contributed by atoms with Crippen LogP contribution in [-0.2, 0) is 20.7 Å². The van der Waals surface area contributed by atoms with Gasteiger partial charge in [-0.05, 0) is 62.1 Å². The molecular formula is C22H26Cl2O4. The van der Waals surface area contributed by atoms with Crippen LogP contribution in [0.1, 0.15) is 43.9 Å². The van der Waals surface area contributed by atoms with Gasteiger partial charge in [0.1, 0.15) is 5.75 Å². The number of carbonyl (C=O) groups excluding carboxylic acids is 1. The van der Waals surface area contributed by atoms with Crippen LogP contribution in [0.3, 0.4) is 0 Å². The maximum Gasteiger partial charge on any atom is 0.308 e. The average Bonchev–Trinajstić information content (AvgIpc) is 2.68. The van der Waals surface area contributed by atoms with Gasteiger partial charge in [-0.2, -0.15) is 0 Å². The molecule has 0 saturated heterocycles. The molecule has 0 aliphatic rings. The number of hydrogen-bond acceptors (Lipinski definition) is 4. The highest BCUT2D eigenvalue weighted by molar-refractivity contribution is 6.42. The Balaban J connectivity index is 1.83. The number of carbonyl (C=O) groups is 1. The molecule has 0 aliphatic heterocycles. The van der Waals surface area contributed by atoms with Crippen molar-refractivity contribution in [3.05, 3.63) is 63.6 Å². The molecule has 0 amide bonds. The van der Waals surface area contributed by atoms with Crippen LogP contribution in [0.5, 0.6) is 5.75 Å². The van der Waals surface area contributed by atoms with Gasteiger partial charge in [-0.15, -0.1) is 0 Å². The van der Waals surface area contributed by atoms with Gasteiger partial charge in [0, 0.05) is 6.61 Å². The van der Waals surface area contributed by atoms with E-state index in [1.807, 2.05) is 49.4 Å². The van der Waals surface area contributed by atoms with Gasteiger partial charge < -0.3 is 14.2 Å². The lowest BCUT2D eigenvalue weighted by Crippen LogP contribution is -2.13. The Hall–Kier alpha value is -1.75. The SMILES string of the molecule is CCOC(=O)C[C@@H](OCC)c1ccc(OCCCc2ccc(Cl)c(Cl)c2)cc1. The van der Waals surface area contributed by atoms with E-state index in [0.29, 0.717) is 29.9 Å². The molecule has 0 aliphatic carbocycles. The van der Waals surface area contributed by atoms with Crippen LogP contribution in [-0.4, -0.2) is 25.8 Å². The summed E-state index contributed by atoms with van der Waals surface area (Å²) in [6.45, 7) is 5.19. The summed E-state index contributed by atoms with van der Waals surface area (Å²) in [6.07, 6.45) is 1.61. The molecule has 152 valence electrons. The topological polar surface area (TPSA) is 44.8 Å². The number of ether oxygens (including phenoxy) is 3. The zero-order chi connectivity index (χ0) is 20.4. The first kappa shape index (κ1) is 22.5. The van der Waals surface area contributed by atoms with Gasteiger partial charge in [0.25, 0.3) is 0 Å². The van der Waals surface area contributed by atoms with Crippen molar-refractivity contribution in [1.82, 2.24) is 0 Å². The second-order valence-corrected chi connectivity index (χ2v) is 7.04. The van der Waals surface area contributed by atoms with Gasteiger partial charge >= 0.3 is 5.97 Å². The summed E-state index contributed by atoms with van der Waals surface area (Å²) in [5, 5.41) is 1.14. The molecule has 0 radical (unpaired) electrons. The Morgan fingerprint density at radius 3 is 2.39 bits per heavy atom. The van der Waals surface area contributed by atoms with E-state index in [0.717, 1.165) is 29.7 Å². The highest BCUT2D eigenvalue weighted by atomic mass is 35.5. The number of halogens is 2. The predicted molar refractivity (Wildman–Crippen MR) is 112 cm³/mol. The summed E-state index contributed by atoms with van der Waals surface area (Å²) in [7, 11) is 0. The second-order valence-electron chi connectivity index (χ2n) is 6.22. The Morgan fingerprint density at radius 2 is 1.75 bits per heavy atom. The van der Waals surface area contributed by atoms with E-state index in [2.05, 4.69) is 0 Å². The van der Waals surface area contributed by atoms with Crippen molar-refractivity contribution in [3.8, 4) is 5.75 Å². The second kappa shape index (κ2) is 11.9. The maximum atomic E-state index is 11.8. The van der Waals surface area contributed by atoms with Crippen molar-refractivity contribution in [1.29, 1.82) is 0 Å². The summed E-state index contributed by atoms with van der Waals surface area (Å²) >= 11 is 12.0. The van der Waals surface area contributed by atoms with E-state index < -0.39 is 0 Å². The predicted octanol–water partition coefficient (Wildman–Crippen LogP) is 6.04. The highest BCUT2D eigenvalue weighted by Crippen LogP contribution is 2.25. The number of benzene rings is 2. The van der Waals surface area contributed by atoms with E-state index in [9.17, 15) is 4.79 Å². The smallest absolute Gasteiger partial charge is 0.308 e. The summed E-state index contributed by atoms with van der Waals surface area (Å²) in [4.78, 5) is 11.8. The van der Waals surface area contributed by atoms with Crippen LogP contribution in [0.15, 0.2) is 42.5 Å². The molecule has 2 rings (SSSR count). The lowest BCUT2D eigenvalue weighted by atomic mass is 10.1. The normalized spacial score (nSPS) is 11.9. The van der Waals surface area contributed by atoms with Crippen LogP contribution < -0.4 is 4.74 Å². The quantitative estimate of drug-likeness (QED) is 0.326. The Kier molecular flexibility index (Phi) is 9.62.